The molecular weight excluding hydrogens is 230 g/mol. The molecule has 18 heavy (non-hydrogen) atoms. The lowest BCUT2D eigenvalue weighted by molar-refractivity contribution is -0.127. The predicted molar refractivity (Wildman–Crippen MR) is 69.9 cm³/mol. The molecule has 1 aromatic carbocycles. The first kappa shape index (κ1) is 12.6. The quantitative estimate of drug-likeness (QED) is 0.768. The Morgan fingerprint density at radius 2 is 2.22 bits per heavy atom. The lowest BCUT2D eigenvalue weighted by Crippen LogP contribution is -2.40. The van der Waals surface area contributed by atoms with E-state index >= 15 is 0 Å². The van der Waals surface area contributed by atoms with Gasteiger partial charge in [0.15, 0.2) is 0 Å². The van der Waals surface area contributed by atoms with Gasteiger partial charge in [-0.3, -0.25) is 9.59 Å². The first-order valence-electron chi connectivity index (χ1n) is 6.03. The highest BCUT2D eigenvalue weighted by molar-refractivity contribution is 6.19. The van der Waals surface area contributed by atoms with E-state index in [0.29, 0.717) is 17.8 Å². The minimum Gasteiger partial charge on any atom is -0.399 e. The molecule has 1 aliphatic rings. The third-order valence-corrected chi connectivity index (χ3v) is 3.28. The van der Waals surface area contributed by atoms with Gasteiger partial charge < -0.3 is 11.5 Å². The number of anilines is 2. The van der Waals surface area contributed by atoms with Crippen LogP contribution in [0.2, 0.25) is 0 Å². The summed E-state index contributed by atoms with van der Waals surface area (Å²) in [6.07, 6.45) is 0.858. The number of carbonyl (C=O) groups is 2. The Balaban J connectivity index is 2.36. The van der Waals surface area contributed by atoms with Crippen molar-refractivity contribution in [1.82, 2.24) is 0 Å². The van der Waals surface area contributed by atoms with Crippen LogP contribution in [-0.4, -0.2) is 18.4 Å². The SMILES string of the molecule is CCC(CN)C(=O)N1C(=O)Cc2cc(N)ccc21. The summed E-state index contributed by atoms with van der Waals surface area (Å²) in [4.78, 5) is 25.4. The predicted octanol–water partition coefficient (Wildman–Crippen LogP) is 0.669. The molecule has 0 aliphatic carbocycles. The van der Waals surface area contributed by atoms with Gasteiger partial charge in [-0.15, -0.1) is 0 Å². The van der Waals surface area contributed by atoms with Crippen molar-refractivity contribution in [2.24, 2.45) is 11.7 Å². The summed E-state index contributed by atoms with van der Waals surface area (Å²) in [5.41, 5.74) is 13.3. The standard InChI is InChI=1S/C13H17N3O2/c1-2-8(7-14)13(18)16-11-4-3-10(15)5-9(11)6-12(16)17/h3-5,8H,2,6-7,14-15H2,1H3. The van der Waals surface area contributed by atoms with Crippen molar-refractivity contribution in [3.8, 4) is 0 Å². The summed E-state index contributed by atoms with van der Waals surface area (Å²) < 4.78 is 0. The topological polar surface area (TPSA) is 89.4 Å². The molecule has 0 radical (unpaired) electrons. The first-order valence-corrected chi connectivity index (χ1v) is 6.03. The second kappa shape index (κ2) is 4.78. The van der Waals surface area contributed by atoms with Crippen LogP contribution in [-0.2, 0) is 16.0 Å². The average Bonchev–Trinajstić information content (AvgIpc) is 2.65. The normalized spacial score (nSPS) is 15.7. The molecule has 1 atom stereocenters. The lowest BCUT2D eigenvalue weighted by Gasteiger charge is -2.20. The number of carbonyl (C=O) groups excluding carboxylic acids is 2. The van der Waals surface area contributed by atoms with E-state index in [1.54, 1.807) is 18.2 Å². The number of hydrogen-bond donors (Lipinski definition) is 2. The maximum atomic E-state index is 12.3. The molecule has 4 N–H and O–H groups in total. The van der Waals surface area contributed by atoms with Gasteiger partial charge in [0.05, 0.1) is 18.0 Å². The second-order valence-corrected chi connectivity index (χ2v) is 4.47. The fourth-order valence-corrected chi connectivity index (χ4v) is 2.21. The van der Waals surface area contributed by atoms with Gasteiger partial charge in [0.25, 0.3) is 0 Å². The van der Waals surface area contributed by atoms with Gasteiger partial charge in [-0.05, 0) is 30.2 Å². The fourth-order valence-electron chi connectivity index (χ4n) is 2.21. The van der Waals surface area contributed by atoms with E-state index in [1.807, 2.05) is 6.92 Å². The first-order chi connectivity index (χ1) is 8.58. The number of benzene rings is 1. The van der Waals surface area contributed by atoms with Crippen molar-refractivity contribution in [2.45, 2.75) is 19.8 Å². The van der Waals surface area contributed by atoms with E-state index in [1.165, 1.54) is 4.90 Å². The minimum absolute atomic E-state index is 0.201. The summed E-state index contributed by atoms with van der Waals surface area (Å²) in [7, 11) is 0. The van der Waals surface area contributed by atoms with Crippen molar-refractivity contribution >= 4 is 23.2 Å². The summed E-state index contributed by atoms with van der Waals surface area (Å²) in [5, 5.41) is 0. The molecule has 0 aromatic heterocycles. The monoisotopic (exact) mass is 247 g/mol. The number of rotatable bonds is 3. The number of fused-ring (bicyclic) bond motifs is 1. The van der Waals surface area contributed by atoms with E-state index < -0.39 is 0 Å². The Labute approximate surface area is 106 Å². The largest absolute Gasteiger partial charge is 0.399 e. The highest BCUT2D eigenvalue weighted by Crippen LogP contribution is 2.31. The number of nitrogens with two attached hydrogens (primary N) is 2. The maximum absolute atomic E-state index is 12.3. The van der Waals surface area contributed by atoms with E-state index in [2.05, 4.69) is 0 Å². The molecule has 1 unspecified atom stereocenters. The minimum atomic E-state index is -0.308. The van der Waals surface area contributed by atoms with Gasteiger partial charge >= 0.3 is 0 Å². The van der Waals surface area contributed by atoms with Gasteiger partial charge in [-0.2, -0.15) is 0 Å². The van der Waals surface area contributed by atoms with Crippen LogP contribution < -0.4 is 16.4 Å². The van der Waals surface area contributed by atoms with Crippen LogP contribution in [0.5, 0.6) is 0 Å². The summed E-state index contributed by atoms with van der Waals surface area (Å²) >= 11 is 0. The highest BCUT2D eigenvalue weighted by atomic mass is 16.2. The lowest BCUT2D eigenvalue weighted by atomic mass is 10.1. The second-order valence-electron chi connectivity index (χ2n) is 4.47. The molecule has 2 amide bonds. The molecule has 96 valence electrons. The molecule has 0 bridgehead atoms. The van der Waals surface area contributed by atoms with Crippen LogP contribution in [0.4, 0.5) is 11.4 Å². The van der Waals surface area contributed by atoms with Crippen LogP contribution in [0.1, 0.15) is 18.9 Å². The maximum Gasteiger partial charge on any atom is 0.238 e. The van der Waals surface area contributed by atoms with Crippen molar-refractivity contribution < 1.29 is 9.59 Å². The van der Waals surface area contributed by atoms with Crippen LogP contribution >= 0.6 is 0 Å². The van der Waals surface area contributed by atoms with Gasteiger partial charge in [0.1, 0.15) is 0 Å². The van der Waals surface area contributed by atoms with Crippen molar-refractivity contribution in [1.29, 1.82) is 0 Å². The third-order valence-electron chi connectivity index (χ3n) is 3.28. The molecule has 5 nitrogen and oxygen atoms in total. The zero-order valence-electron chi connectivity index (χ0n) is 10.3. The highest BCUT2D eigenvalue weighted by Gasteiger charge is 2.34. The molecule has 0 spiro atoms. The van der Waals surface area contributed by atoms with Gasteiger partial charge in [-0.1, -0.05) is 6.92 Å². The van der Waals surface area contributed by atoms with E-state index in [-0.39, 0.29) is 30.7 Å². The van der Waals surface area contributed by atoms with E-state index in [9.17, 15) is 9.59 Å². The number of nitrogens with zero attached hydrogens (tertiary/aromatic N) is 1. The van der Waals surface area contributed by atoms with Gasteiger partial charge in [0, 0.05) is 12.2 Å². The Morgan fingerprint density at radius 3 is 2.83 bits per heavy atom. The molecule has 0 saturated carbocycles. The van der Waals surface area contributed by atoms with Crippen LogP contribution in [0.15, 0.2) is 18.2 Å². The summed E-state index contributed by atoms with van der Waals surface area (Å²) in [6.45, 7) is 2.14. The number of nitrogen functional groups attached to an aromatic ring is 1. The number of imide groups is 1. The summed E-state index contributed by atoms with van der Waals surface area (Å²) in [5.74, 6) is -0.724. The Kier molecular flexibility index (Phi) is 3.34. The van der Waals surface area contributed by atoms with Crippen LogP contribution in [0.25, 0.3) is 0 Å². The molecule has 1 aliphatic heterocycles. The molecule has 5 heteroatoms. The molecular formula is C13H17N3O2. The van der Waals surface area contributed by atoms with Crippen molar-refractivity contribution in [3.05, 3.63) is 23.8 Å². The third kappa shape index (κ3) is 1.97. The smallest absolute Gasteiger partial charge is 0.238 e. The number of amides is 2. The van der Waals surface area contributed by atoms with E-state index in [4.69, 9.17) is 11.5 Å². The molecule has 1 heterocycles. The van der Waals surface area contributed by atoms with Crippen LogP contribution in [0, 0.1) is 5.92 Å². The molecule has 0 saturated heterocycles. The zero-order chi connectivity index (χ0) is 13.3. The van der Waals surface area contributed by atoms with E-state index in [0.717, 1.165) is 5.56 Å². The van der Waals surface area contributed by atoms with Gasteiger partial charge in [0.2, 0.25) is 11.8 Å². The molecule has 2 rings (SSSR count). The van der Waals surface area contributed by atoms with Crippen molar-refractivity contribution in [2.75, 3.05) is 17.2 Å². The Bertz CT molecular complexity index is 495. The molecule has 0 fully saturated rings. The number of hydrogen-bond acceptors (Lipinski definition) is 4. The fraction of sp³-hybridized carbons (Fsp3) is 0.385. The Hall–Kier alpha value is -1.88. The average molecular weight is 247 g/mol. The summed E-state index contributed by atoms with van der Waals surface area (Å²) in [6, 6.07) is 5.15. The Morgan fingerprint density at radius 1 is 1.50 bits per heavy atom. The van der Waals surface area contributed by atoms with Gasteiger partial charge in [-0.25, -0.2) is 4.90 Å². The molecule has 1 aromatic rings. The van der Waals surface area contributed by atoms with Crippen molar-refractivity contribution in [3.63, 3.8) is 0 Å². The van der Waals surface area contributed by atoms with Crippen LogP contribution in [0.3, 0.4) is 0 Å². The zero-order valence-corrected chi connectivity index (χ0v) is 10.3.